The Labute approximate surface area is 75.0 Å². The van der Waals surface area contributed by atoms with E-state index in [0.29, 0.717) is 0 Å². The van der Waals surface area contributed by atoms with Gasteiger partial charge < -0.3 is 10.0 Å². The summed E-state index contributed by atoms with van der Waals surface area (Å²) >= 11 is 0. The van der Waals surface area contributed by atoms with Gasteiger partial charge in [-0.2, -0.15) is 0 Å². The van der Waals surface area contributed by atoms with Crippen LogP contribution in [0.3, 0.4) is 0 Å². The molecule has 0 radical (unpaired) electrons. The van der Waals surface area contributed by atoms with E-state index in [1.807, 2.05) is 0 Å². The Kier molecular flexibility index (Phi) is 2.80. The standard InChI is InChI=1S/C8H8BFO3/c1-5(11)7-3-2-6(10)4-8(7)9(12)13/h2-4,12-13H,1H3. The van der Waals surface area contributed by atoms with Crippen molar-refractivity contribution in [3.05, 3.63) is 29.6 Å². The van der Waals surface area contributed by atoms with E-state index < -0.39 is 12.9 Å². The summed E-state index contributed by atoms with van der Waals surface area (Å²) in [6, 6.07) is 3.26. The van der Waals surface area contributed by atoms with Crippen LogP contribution in [-0.4, -0.2) is 22.9 Å². The van der Waals surface area contributed by atoms with Crippen molar-refractivity contribution in [1.82, 2.24) is 0 Å². The van der Waals surface area contributed by atoms with Crippen molar-refractivity contribution in [2.45, 2.75) is 6.92 Å². The number of carbonyl (C=O) groups excluding carboxylic acids is 1. The number of ketones is 1. The van der Waals surface area contributed by atoms with Crippen molar-refractivity contribution < 1.29 is 19.2 Å². The molecule has 0 amide bonds. The molecule has 68 valence electrons. The first-order valence-electron chi connectivity index (χ1n) is 3.69. The zero-order chi connectivity index (χ0) is 10.0. The van der Waals surface area contributed by atoms with E-state index in [9.17, 15) is 9.18 Å². The summed E-state index contributed by atoms with van der Waals surface area (Å²) in [5, 5.41) is 17.6. The van der Waals surface area contributed by atoms with Gasteiger partial charge in [0.1, 0.15) is 5.82 Å². The van der Waals surface area contributed by atoms with Crippen LogP contribution in [0.4, 0.5) is 4.39 Å². The molecule has 13 heavy (non-hydrogen) atoms. The topological polar surface area (TPSA) is 57.5 Å². The quantitative estimate of drug-likeness (QED) is 0.487. The SMILES string of the molecule is CC(=O)c1ccc(F)cc1B(O)O. The second-order valence-electron chi connectivity index (χ2n) is 2.66. The lowest BCUT2D eigenvalue weighted by molar-refractivity contribution is 0.101. The number of Topliss-reactive ketones (excluding diaryl/α,β-unsaturated/α-hetero) is 1. The molecule has 1 rings (SSSR count). The Balaban J connectivity index is 3.26. The molecule has 0 saturated heterocycles. The first-order valence-corrected chi connectivity index (χ1v) is 3.69. The third-order valence-electron chi connectivity index (χ3n) is 1.67. The van der Waals surface area contributed by atoms with Crippen LogP contribution in [0.5, 0.6) is 0 Å². The number of hydrogen-bond donors (Lipinski definition) is 2. The van der Waals surface area contributed by atoms with Gasteiger partial charge in [-0.15, -0.1) is 0 Å². The normalized spacial score (nSPS) is 9.85. The molecule has 1 aromatic carbocycles. The molecule has 2 N–H and O–H groups in total. The van der Waals surface area contributed by atoms with E-state index in [2.05, 4.69) is 0 Å². The van der Waals surface area contributed by atoms with Gasteiger partial charge in [0.15, 0.2) is 5.78 Å². The van der Waals surface area contributed by atoms with Crippen LogP contribution >= 0.6 is 0 Å². The van der Waals surface area contributed by atoms with Crippen LogP contribution in [0, 0.1) is 5.82 Å². The summed E-state index contributed by atoms with van der Waals surface area (Å²) in [5.41, 5.74) is 0.0175. The van der Waals surface area contributed by atoms with E-state index in [0.717, 1.165) is 12.1 Å². The van der Waals surface area contributed by atoms with Gasteiger partial charge in [0.05, 0.1) is 0 Å². The van der Waals surface area contributed by atoms with Gasteiger partial charge in [0.2, 0.25) is 0 Å². The first-order chi connectivity index (χ1) is 6.02. The van der Waals surface area contributed by atoms with Crippen LogP contribution in [0.2, 0.25) is 0 Å². The average molecular weight is 182 g/mol. The molecule has 0 heterocycles. The van der Waals surface area contributed by atoms with Gasteiger partial charge in [-0.05, 0) is 30.6 Å². The monoisotopic (exact) mass is 182 g/mol. The highest BCUT2D eigenvalue weighted by Crippen LogP contribution is 2.01. The summed E-state index contributed by atoms with van der Waals surface area (Å²) < 4.78 is 12.6. The minimum absolute atomic E-state index is 0.104. The second kappa shape index (κ2) is 3.68. The fraction of sp³-hybridized carbons (Fsp3) is 0.125. The van der Waals surface area contributed by atoms with E-state index in [4.69, 9.17) is 10.0 Å². The molecule has 0 saturated carbocycles. The van der Waals surface area contributed by atoms with Gasteiger partial charge in [-0.3, -0.25) is 4.79 Å². The predicted octanol–water partition coefficient (Wildman–Crippen LogP) is -0.292. The predicted molar refractivity (Wildman–Crippen MR) is 46.2 cm³/mol. The highest BCUT2D eigenvalue weighted by molar-refractivity contribution is 6.60. The highest BCUT2D eigenvalue weighted by Gasteiger charge is 2.18. The Morgan fingerprint density at radius 2 is 2.08 bits per heavy atom. The zero-order valence-electron chi connectivity index (χ0n) is 6.99. The third kappa shape index (κ3) is 2.14. The van der Waals surface area contributed by atoms with Crippen LogP contribution < -0.4 is 5.46 Å². The number of rotatable bonds is 2. The largest absolute Gasteiger partial charge is 0.489 e. The van der Waals surface area contributed by atoms with Gasteiger partial charge in [-0.1, -0.05) is 0 Å². The maximum atomic E-state index is 12.6. The molecule has 5 heteroatoms. The van der Waals surface area contributed by atoms with Crippen LogP contribution in [0.1, 0.15) is 17.3 Å². The van der Waals surface area contributed by atoms with E-state index >= 15 is 0 Å². The van der Waals surface area contributed by atoms with Crippen molar-refractivity contribution in [2.24, 2.45) is 0 Å². The Morgan fingerprint density at radius 3 is 2.54 bits per heavy atom. The van der Waals surface area contributed by atoms with Crippen molar-refractivity contribution in [3.63, 3.8) is 0 Å². The number of hydrogen-bond acceptors (Lipinski definition) is 3. The number of benzene rings is 1. The van der Waals surface area contributed by atoms with E-state index in [1.54, 1.807) is 0 Å². The Morgan fingerprint density at radius 1 is 1.46 bits per heavy atom. The number of halogens is 1. The second-order valence-corrected chi connectivity index (χ2v) is 2.66. The fourth-order valence-electron chi connectivity index (χ4n) is 1.07. The lowest BCUT2D eigenvalue weighted by Crippen LogP contribution is -2.34. The zero-order valence-corrected chi connectivity index (χ0v) is 6.99. The van der Waals surface area contributed by atoms with Crippen LogP contribution in [-0.2, 0) is 0 Å². The molecule has 0 fully saturated rings. The van der Waals surface area contributed by atoms with Crippen LogP contribution in [0.25, 0.3) is 0 Å². The first kappa shape index (κ1) is 9.89. The van der Waals surface area contributed by atoms with Crippen LogP contribution in [0.15, 0.2) is 18.2 Å². The minimum atomic E-state index is -1.82. The molecule has 0 aliphatic rings. The fourth-order valence-corrected chi connectivity index (χ4v) is 1.07. The molecule has 3 nitrogen and oxygen atoms in total. The van der Waals surface area contributed by atoms with Crippen molar-refractivity contribution in [1.29, 1.82) is 0 Å². The Bertz CT molecular complexity index is 338. The average Bonchev–Trinajstić information content (AvgIpc) is 2.03. The molecule has 0 atom stereocenters. The molecule has 0 spiro atoms. The van der Waals surface area contributed by atoms with E-state index in [-0.39, 0.29) is 16.8 Å². The minimum Gasteiger partial charge on any atom is -0.423 e. The molecular formula is C8H8BFO3. The summed E-state index contributed by atoms with van der Waals surface area (Å²) in [5.74, 6) is -0.934. The number of carbonyl (C=O) groups is 1. The molecule has 0 aliphatic heterocycles. The van der Waals surface area contributed by atoms with Crippen molar-refractivity contribution >= 4 is 18.4 Å². The molecule has 0 unspecified atom stereocenters. The van der Waals surface area contributed by atoms with Crippen molar-refractivity contribution in [2.75, 3.05) is 0 Å². The summed E-state index contributed by atoms with van der Waals surface area (Å²) in [4.78, 5) is 10.9. The van der Waals surface area contributed by atoms with E-state index in [1.165, 1.54) is 13.0 Å². The molecule has 1 aromatic rings. The Hall–Kier alpha value is -1.20. The maximum Gasteiger partial charge on any atom is 0.489 e. The summed E-state index contributed by atoms with van der Waals surface area (Å²) in [6.45, 7) is 1.28. The molecular weight excluding hydrogens is 174 g/mol. The molecule has 0 bridgehead atoms. The van der Waals surface area contributed by atoms with Gasteiger partial charge in [-0.25, -0.2) is 4.39 Å². The van der Waals surface area contributed by atoms with Gasteiger partial charge in [0.25, 0.3) is 0 Å². The third-order valence-corrected chi connectivity index (χ3v) is 1.67. The van der Waals surface area contributed by atoms with Crippen molar-refractivity contribution in [3.8, 4) is 0 Å². The van der Waals surface area contributed by atoms with Gasteiger partial charge in [0, 0.05) is 5.56 Å². The lowest BCUT2D eigenvalue weighted by Gasteiger charge is -2.04. The summed E-state index contributed by atoms with van der Waals surface area (Å²) in [6.07, 6.45) is 0. The molecule has 0 aromatic heterocycles. The highest BCUT2D eigenvalue weighted by atomic mass is 19.1. The summed E-state index contributed by atoms with van der Waals surface area (Å²) in [7, 11) is -1.82. The lowest BCUT2D eigenvalue weighted by atomic mass is 9.76. The van der Waals surface area contributed by atoms with Gasteiger partial charge >= 0.3 is 7.12 Å². The smallest absolute Gasteiger partial charge is 0.423 e. The maximum absolute atomic E-state index is 12.6. The molecule has 0 aliphatic carbocycles.